The van der Waals surface area contributed by atoms with E-state index in [0.29, 0.717) is 6.04 Å². The monoisotopic (exact) mass is 216 g/mol. The molecular weight excluding hydrogens is 188 g/mol. The van der Waals surface area contributed by atoms with Crippen LogP contribution in [0.15, 0.2) is 0 Å². The molecule has 0 radical (unpaired) electrons. The van der Waals surface area contributed by atoms with E-state index in [9.17, 15) is 0 Å². The Bertz CT molecular complexity index is 131. The van der Waals surface area contributed by atoms with E-state index < -0.39 is 0 Å². The highest BCUT2D eigenvalue weighted by atomic mass is 16.5. The van der Waals surface area contributed by atoms with Gasteiger partial charge in [-0.3, -0.25) is 0 Å². The first-order chi connectivity index (χ1) is 7.20. The summed E-state index contributed by atoms with van der Waals surface area (Å²) in [6, 6.07) is 0.809. The number of nitrogens with two attached hydrogens (primary N) is 1. The number of unbranched alkanes of at least 4 members (excludes halogenated alkanes) is 2. The third-order valence-electron chi connectivity index (χ3n) is 2.66. The van der Waals surface area contributed by atoms with E-state index in [1.807, 2.05) is 0 Å². The molecule has 0 aliphatic heterocycles. The fourth-order valence-electron chi connectivity index (χ4n) is 1.53. The summed E-state index contributed by atoms with van der Waals surface area (Å²) < 4.78 is 4.99. The first kappa shape index (κ1) is 14.9. The lowest BCUT2D eigenvalue weighted by molar-refractivity contribution is 0.187. The topological polar surface area (TPSA) is 47.3 Å². The average molecular weight is 216 g/mol. The first-order valence-electron chi connectivity index (χ1n) is 6.18. The minimum absolute atomic E-state index is 0.221. The molecule has 0 aliphatic rings. The smallest absolute Gasteiger partial charge is 0.0477 e. The van der Waals surface area contributed by atoms with Crippen molar-refractivity contribution in [2.75, 3.05) is 20.3 Å². The lowest BCUT2D eigenvalue weighted by Gasteiger charge is -2.17. The number of hydrogen-bond acceptors (Lipinski definition) is 3. The molecule has 0 aromatic carbocycles. The molecule has 0 rings (SSSR count). The van der Waals surface area contributed by atoms with Gasteiger partial charge in [-0.15, -0.1) is 0 Å². The van der Waals surface area contributed by atoms with Gasteiger partial charge in [0.15, 0.2) is 0 Å². The maximum atomic E-state index is 5.92. The first-order valence-corrected chi connectivity index (χ1v) is 6.18. The van der Waals surface area contributed by atoms with Crippen LogP contribution in [0.4, 0.5) is 0 Å². The molecule has 0 fully saturated rings. The van der Waals surface area contributed by atoms with E-state index in [4.69, 9.17) is 10.5 Å². The third kappa shape index (κ3) is 10.2. The maximum absolute atomic E-state index is 5.92. The van der Waals surface area contributed by atoms with Crippen molar-refractivity contribution in [2.45, 2.75) is 58.0 Å². The number of rotatable bonds is 10. The molecule has 92 valence electrons. The van der Waals surface area contributed by atoms with E-state index in [0.717, 1.165) is 19.6 Å². The Hall–Kier alpha value is -0.120. The van der Waals surface area contributed by atoms with Crippen molar-refractivity contribution in [2.24, 2.45) is 5.73 Å². The van der Waals surface area contributed by atoms with Crippen molar-refractivity contribution in [3.05, 3.63) is 0 Å². The summed E-state index contributed by atoms with van der Waals surface area (Å²) in [6.45, 7) is 6.13. The van der Waals surface area contributed by atoms with Gasteiger partial charge >= 0.3 is 0 Å². The van der Waals surface area contributed by atoms with Gasteiger partial charge in [0, 0.05) is 32.3 Å². The highest BCUT2D eigenvalue weighted by molar-refractivity contribution is 4.68. The maximum Gasteiger partial charge on any atom is 0.0477 e. The van der Waals surface area contributed by atoms with E-state index in [-0.39, 0.29) is 6.04 Å². The van der Waals surface area contributed by atoms with Crippen LogP contribution in [0.2, 0.25) is 0 Å². The molecule has 0 spiro atoms. The molecule has 0 aromatic rings. The predicted octanol–water partition coefficient (Wildman–Crippen LogP) is 1.91. The van der Waals surface area contributed by atoms with Gasteiger partial charge in [-0.05, 0) is 19.8 Å². The van der Waals surface area contributed by atoms with Gasteiger partial charge in [-0.1, -0.05) is 26.2 Å². The summed E-state index contributed by atoms with van der Waals surface area (Å²) >= 11 is 0. The van der Waals surface area contributed by atoms with Crippen LogP contribution < -0.4 is 11.1 Å². The van der Waals surface area contributed by atoms with Gasteiger partial charge in [0.2, 0.25) is 0 Å². The normalized spacial score (nSPS) is 15.2. The SMILES string of the molecule is CCCCCC(C)NCC(N)CCOC. The molecule has 15 heavy (non-hydrogen) atoms. The van der Waals surface area contributed by atoms with Crippen molar-refractivity contribution in [1.29, 1.82) is 0 Å². The van der Waals surface area contributed by atoms with Gasteiger partial charge in [0.25, 0.3) is 0 Å². The zero-order chi connectivity index (χ0) is 11.5. The Balaban J connectivity index is 3.31. The standard InChI is InChI=1S/C12H28N2O/c1-4-5-6-7-11(2)14-10-12(13)8-9-15-3/h11-12,14H,4-10,13H2,1-3H3. The fraction of sp³-hybridized carbons (Fsp3) is 1.00. The molecule has 0 aromatic heterocycles. The molecule has 0 saturated carbocycles. The number of methoxy groups -OCH3 is 1. The molecule has 0 heterocycles. The Morgan fingerprint density at radius 2 is 2.00 bits per heavy atom. The summed E-state index contributed by atoms with van der Waals surface area (Å²) in [7, 11) is 1.72. The van der Waals surface area contributed by atoms with E-state index in [1.54, 1.807) is 7.11 Å². The van der Waals surface area contributed by atoms with Gasteiger partial charge in [-0.2, -0.15) is 0 Å². The molecule has 0 saturated heterocycles. The largest absolute Gasteiger partial charge is 0.385 e. The average Bonchev–Trinajstić information content (AvgIpc) is 2.24. The van der Waals surface area contributed by atoms with Crippen LogP contribution >= 0.6 is 0 Å². The van der Waals surface area contributed by atoms with Gasteiger partial charge in [0.05, 0.1) is 0 Å². The van der Waals surface area contributed by atoms with Crippen molar-refractivity contribution < 1.29 is 4.74 Å². The lowest BCUT2D eigenvalue weighted by atomic mass is 10.1. The van der Waals surface area contributed by atoms with Gasteiger partial charge in [-0.25, -0.2) is 0 Å². The van der Waals surface area contributed by atoms with Crippen molar-refractivity contribution >= 4 is 0 Å². The van der Waals surface area contributed by atoms with Crippen LogP contribution in [-0.2, 0) is 4.74 Å². The predicted molar refractivity (Wildman–Crippen MR) is 66.1 cm³/mol. The molecule has 0 aliphatic carbocycles. The molecule has 0 bridgehead atoms. The number of nitrogens with one attached hydrogen (secondary N) is 1. The molecule has 3 N–H and O–H groups in total. The summed E-state index contributed by atoms with van der Waals surface area (Å²) in [6.07, 6.45) is 6.13. The number of ether oxygens (including phenoxy) is 1. The quantitative estimate of drug-likeness (QED) is 0.548. The van der Waals surface area contributed by atoms with Gasteiger partial charge < -0.3 is 15.8 Å². The van der Waals surface area contributed by atoms with Crippen molar-refractivity contribution in [3.63, 3.8) is 0 Å². The Morgan fingerprint density at radius 3 is 2.60 bits per heavy atom. The highest BCUT2D eigenvalue weighted by Crippen LogP contribution is 2.02. The van der Waals surface area contributed by atoms with Crippen LogP contribution in [0.25, 0.3) is 0 Å². The van der Waals surface area contributed by atoms with Crippen LogP contribution in [0.3, 0.4) is 0 Å². The zero-order valence-electron chi connectivity index (χ0n) is 10.6. The van der Waals surface area contributed by atoms with E-state index >= 15 is 0 Å². The van der Waals surface area contributed by atoms with Crippen molar-refractivity contribution in [1.82, 2.24) is 5.32 Å². The Morgan fingerprint density at radius 1 is 1.27 bits per heavy atom. The molecule has 0 amide bonds. The van der Waals surface area contributed by atoms with Gasteiger partial charge in [0.1, 0.15) is 0 Å². The van der Waals surface area contributed by atoms with E-state index in [1.165, 1.54) is 25.7 Å². The second kappa shape index (κ2) is 10.4. The second-order valence-corrected chi connectivity index (χ2v) is 4.35. The highest BCUT2D eigenvalue weighted by Gasteiger charge is 2.05. The summed E-state index contributed by atoms with van der Waals surface area (Å²) in [4.78, 5) is 0. The fourth-order valence-corrected chi connectivity index (χ4v) is 1.53. The molecule has 2 atom stereocenters. The van der Waals surface area contributed by atoms with Crippen molar-refractivity contribution in [3.8, 4) is 0 Å². The minimum atomic E-state index is 0.221. The molecular formula is C12H28N2O. The third-order valence-corrected chi connectivity index (χ3v) is 2.66. The van der Waals surface area contributed by atoms with Crippen LogP contribution in [0.1, 0.15) is 46.0 Å². The van der Waals surface area contributed by atoms with Crippen LogP contribution in [0.5, 0.6) is 0 Å². The Labute approximate surface area is 94.8 Å². The molecule has 3 heteroatoms. The molecule has 2 unspecified atom stereocenters. The lowest BCUT2D eigenvalue weighted by Crippen LogP contribution is -2.38. The summed E-state index contributed by atoms with van der Waals surface area (Å²) in [5.74, 6) is 0. The van der Waals surface area contributed by atoms with E-state index in [2.05, 4.69) is 19.2 Å². The Kier molecular flexibility index (Phi) is 10.3. The minimum Gasteiger partial charge on any atom is -0.385 e. The van der Waals surface area contributed by atoms with Crippen LogP contribution in [-0.4, -0.2) is 32.3 Å². The van der Waals surface area contributed by atoms with Crippen LogP contribution in [0, 0.1) is 0 Å². The number of hydrogen-bond donors (Lipinski definition) is 2. The molecule has 3 nitrogen and oxygen atoms in total. The second-order valence-electron chi connectivity index (χ2n) is 4.35. The summed E-state index contributed by atoms with van der Waals surface area (Å²) in [5.41, 5.74) is 5.92. The zero-order valence-corrected chi connectivity index (χ0v) is 10.6. The summed E-state index contributed by atoms with van der Waals surface area (Å²) in [5, 5.41) is 3.47.